The van der Waals surface area contributed by atoms with E-state index in [1.807, 2.05) is 0 Å². The number of nitrogens with zero attached hydrogens (tertiary/aromatic N) is 4. The van der Waals surface area contributed by atoms with E-state index in [-0.39, 0.29) is 0 Å². The van der Waals surface area contributed by atoms with Crippen LogP contribution in [0.4, 0.5) is 0 Å². The summed E-state index contributed by atoms with van der Waals surface area (Å²) in [4.78, 5) is 1.90. The van der Waals surface area contributed by atoms with Gasteiger partial charge in [-0.15, -0.1) is 25.3 Å². The minimum atomic E-state index is -0.790. The summed E-state index contributed by atoms with van der Waals surface area (Å²) < 4.78 is 10.5. The average molecular weight is 689 g/mol. The topological polar surface area (TPSA) is 15.9 Å². The molecule has 0 saturated heterocycles. The van der Waals surface area contributed by atoms with Gasteiger partial charge in [-0.2, -0.15) is 9.13 Å². The first kappa shape index (κ1) is 27.9. The lowest BCUT2D eigenvalue weighted by molar-refractivity contribution is -0.834. The minimum Gasteiger partial charge on any atom is -0.198 e. The number of allylic oxidation sites excluding steroid dienone is 4. The number of rotatable bonds is 4. The Kier molecular flexibility index (Phi) is 5.31. The second-order valence-electron chi connectivity index (χ2n) is 13.7. The van der Waals surface area contributed by atoms with Crippen LogP contribution in [0, 0.1) is 0 Å². The lowest BCUT2D eigenvalue weighted by atomic mass is 9.93. The molecule has 4 nitrogen and oxygen atoms in total. The number of thiol groups is 2. The zero-order valence-electron chi connectivity index (χ0n) is 27.2. The molecule has 2 aromatic heterocycles. The predicted octanol–water partition coefficient (Wildman–Crippen LogP) is 7.00. The Morgan fingerprint density at radius 2 is 0.804 bits per heavy atom. The molecular weight excluding hydrogens is 661 g/mol. The van der Waals surface area contributed by atoms with Gasteiger partial charge in [-0.1, -0.05) is 94.1 Å². The molecular formula is C45H28N4S2+2. The first-order chi connectivity index (χ1) is 25.1. The van der Waals surface area contributed by atoms with Crippen LogP contribution in [0.25, 0.3) is 22.3 Å². The average Bonchev–Trinajstić information content (AvgIpc) is 3.99. The molecule has 1 atom stereocenters. The Bertz CT molecular complexity index is 2930. The molecule has 0 saturated carbocycles. The number of hydrogen-bond donors (Lipinski definition) is 2. The van der Waals surface area contributed by atoms with Crippen molar-refractivity contribution in [3.05, 3.63) is 213 Å². The van der Waals surface area contributed by atoms with Crippen LogP contribution >= 0.6 is 25.3 Å². The van der Waals surface area contributed by atoms with Gasteiger partial charge in [0.15, 0.2) is 0 Å². The molecule has 238 valence electrons. The van der Waals surface area contributed by atoms with Gasteiger partial charge in [0.1, 0.15) is 0 Å². The summed E-state index contributed by atoms with van der Waals surface area (Å²) in [5.41, 5.74) is 16.7. The summed E-state index contributed by atoms with van der Waals surface area (Å²) in [6, 6.07) is 48.3. The van der Waals surface area contributed by atoms with Crippen molar-refractivity contribution in [3.63, 3.8) is 0 Å². The molecule has 12 rings (SSSR count). The summed E-state index contributed by atoms with van der Waals surface area (Å²) in [6.45, 7) is 0. The van der Waals surface area contributed by atoms with E-state index in [0.29, 0.717) is 0 Å². The van der Waals surface area contributed by atoms with Gasteiger partial charge in [0, 0.05) is 34.1 Å². The maximum absolute atomic E-state index is 4.67. The molecule has 0 radical (unpaired) electrons. The SMILES string of the molecule is Sc1ccc(C2=C3C=CC4=[N+]3C35n6c2ccc6C(c2ccccc2)=C2C=CC(=[N+]23)C(c2ccc(S)cc2)=c2ccc(n25)=C4c2ccccc2)cc1. The maximum Gasteiger partial charge on any atom is 0.553 e. The molecule has 0 fully saturated rings. The molecule has 0 N–H and O–H groups in total. The Balaban J connectivity index is 1.34. The molecule has 51 heavy (non-hydrogen) atoms. The van der Waals surface area contributed by atoms with Crippen molar-refractivity contribution >= 4 is 59.0 Å². The molecule has 6 heteroatoms. The van der Waals surface area contributed by atoms with Gasteiger partial charge in [-0.3, -0.25) is 0 Å². The monoisotopic (exact) mass is 688 g/mol. The van der Waals surface area contributed by atoms with Crippen molar-refractivity contribution in [3.8, 4) is 0 Å². The Morgan fingerprint density at radius 3 is 1.27 bits per heavy atom. The molecule has 0 bridgehead atoms. The van der Waals surface area contributed by atoms with Crippen LogP contribution in [0.5, 0.6) is 0 Å². The van der Waals surface area contributed by atoms with E-state index in [1.165, 1.54) is 89.4 Å². The third kappa shape index (κ3) is 3.31. The number of hydrogen-bond acceptors (Lipinski definition) is 2. The van der Waals surface area contributed by atoms with E-state index in [4.69, 9.17) is 0 Å². The van der Waals surface area contributed by atoms with E-state index in [1.54, 1.807) is 0 Å². The van der Waals surface area contributed by atoms with Crippen LogP contribution in [-0.2, 0) is 5.91 Å². The fraction of sp³-hybridized carbons (Fsp3) is 0.0222. The maximum atomic E-state index is 4.67. The van der Waals surface area contributed by atoms with Crippen molar-refractivity contribution in [1.29, 1.82) is 0 Å². The molecule has 1 unspecified atom stereocenters. The molecule has 1 spiro atoms. The van der Waals surface area contributed by atoms with E-state index in [2.05, 4.69) is 201 Å². The van der Waals surface area contributed by atoms with Crippen LogP contribution in [0.15, 0.2) is 179 Å². The highest BCUT2D eigenvalue weighted by Gasteiger charge is 2.72. The second-order valence-corrected chi connectivity index (χ2v) is 14.7. The molecule has 0 amide bonds. The van der Waals surface area contributed by atoms with Gasteiger partial charge in [-0.25, -0.2) is 0 Å². The molecule has 8 heterocycles. The van der Waals surface area contributed by atoms with Crippen LogP contribution in [-0.4, -0.2) is 29.7 Å². The van der Waals surface area contributed by atoms with Crippen molar-refractivity contribution in [2.75, 3.05) is 0 Å². The summed E-state index contributed by atoms with van der Waals surface area (Å²) in [5.74, 6) is -0.790. The first-order valence-corrected chi connectivity index (χ1v) is 18.1. The summed E-state index contributed by atoms with van der Waals surface area (Å²) in [6.07, 6.45) is 9.35. The molecule has 6 aliphatic heterocycles. The molecule has 0 aliphatic carbocycles. The second kappa shape index (κ2) is 9.69. The van der Waals surface area contributed by atoms with Gasteiger partial charge >= 0.3 is 5.91 Å². The first-order valence-electron chi connectivity index (χ1n) is 17.2. The number of aromatic nitrogens is 2. The van der Waals surface area contributed by atoms with Crippen LogP contribution < -0.4 is 10.7 Å². The summed E-state index contributed by atoms with van der Waals surface area (Å²) >= 11 is 9.33. The van der Waals surface area contributed by atoms with Crippen LogP contribution in [0.3, 0.4) is 0 Å². The van der Waals surface area contributed by atoms with Crippen LogP contribution in [0.2, 0.25) is 0 Å². The van der Waals surface area contributed by atoms with Crippen molar-refractivity contribution < 1.29 is 9.15 Å². The third-order valence-corrected chi connectivity index (χ3v) is 11.8. The standard InChI is InChI=1S/C45H26N4S2/c50-31-15-11-29(12-16-31)43-37-23-19-33-41(27-7-3-1-4-8-27)34-20-24-38-44(30-13-17-32(51)18-14-30)40-26-22-36-42(28-9-5-2-6-10-28)35-21-25-39(43)48(35)45(46(33)37,47(34)38)49(36)40/h1-26H/p+2. The smallest absolute Gasteiger partial charge is 0.198 e. The van der Waals surface area contributed by atoms with E-state index in [0.717, 1.165) is 9.79 Å². The fourth-order valence-corrected chi connectivity index (χ4v) is 9.67. The zero-order chi connectivity index (χ0) is 33.6. The quantitative estimate of drug-likeness (QED) is 0.147. The minimum absolute atomic E-state index is 0.790. The van der Waals surface area contributed by atoms with Gasteiger partial charge in [0.05, 0.1) is 44.4 Å². The Hall–Kier alpha value is -5.82. The van der Waals surface area contributed by atoms with E-state index < -0.39 is 5.91 Å². The molecule has 4 aromatic carbocycles. The van der Waals surface area contributed by atoms with Gasteiger partial charge in [0.2, 0.25) is 22.8 Å². The highest BCUT2D eigenvalue weighted by molar-refractivity contribution is 7.80. The molecule has 6 aliphatic rings. The predicted molar refractivity (Wildman–Crippen MR) is 208 cm³/mol. The Morgan fingerprint density at radius 1 is 0.392 bits per heavy atom. The third-order valence-electron chi connectivity index (χ3n) is 11.2. The van der Waals surface area contributed by atoms with Crippen molar-refractivity contribution in [1.82, 2.24) is 9.13 Å². The normalized spacial score (nSPS) is 19.9. The lowest BCUT2D eigenvalue weighted by Gasteiger charge is -2.41. The van der Waals surface area contributed by atoms with Gasteiger partial charge < -0.3 is 0 Å². The Labute approximate surface area is 305 Å². The van der Waals surface area contributed by atoms with E-state index >= 15 is 0 Å². The van der Waals surface area contributed by atoms with Gasteiger partial charge in [-0.05, 0) is 70.8 Å². The van der Waals surface area contributed by atoms with Crippen LogP contribution in [0.1, 0.15) is 33.6 Å². The lowest BCUT2D eigenvalue weighted by Crippen LogP contribution is -2.71. The zero-order valence-corrected chi connectivity index (χ0v) is 29.0. The highest BCUT2D eigenvalue weighted by Crippen LogP contribution is 2.53. The molecule has 6 aromatic rings. The highest BCUT2D eigenvalue weighted by atomic mass is 32.1. The summed E-state index contributed by atoms with van der Waals surface area (Å²) in [7, 11) is 0. The summed E-state index contributed by atoms with van der Waals surface area (Å²) in [5, 5.41) is 2.38. The van der Waals surface area contributed by atoms with Gasteiger partial charge in [0.25, 0.3) is 0 Å². The van der Waals surface area contributed by atoms with Crippen molar-refractivity contribution in [2.24, 2.45) is 0 Å². The number of benzene rings is 4. The largest absolute Gasteiger partial charge is 0.553 e. The van der Waals surface area contributed by atoms with Crippen molar-refractivity contribution in [2.45, 2.75) is 15.7 Å². The fourth-order valence-electron chi connectivity index (χ4n) is 9.37. The van der Waals surface area contributed by atoms with E-state index in [9.17, 15) is 0 Å².